The second-order valence-electron chi connectivity index (χ2n) is 4.81. The molecule has 0 bridgehead atoms. The summed E-state index contributed by atoms with van der Waals surface area (Å²) in [5.74, 6) is -0.178. The third-order valence-corrected chi connectivity index (χ3v) is 4.11. The summed E-state index contributed by atoms with van der Waals surface area (Å²) in [6.45, 7) is 1.79. The van der Waals surface area contributed by atoms with Crippen molar-refractivity contribution in [2.45, 2.75) is 44.6 Å². The van der Waals surface area contributed by atoms with Crippen LogP contribution in [0.15, 0.2) is 16.6 Å². The molecule has 0 amide bonds. The largest absolute Gasteiger partial charge is 0.321 e. The summed E-state index contributed by atoms with van der Waals surface area (Å²) in [4.78, 5) is 0. The lowest BCUT2D eigenvalue weighted by atomic mass is 9.77. The van der Waals surface area contributed by atoms with Gasteiger partial charge in [-0.15, -0.1) is 0 Å². The highest BCUT2D eigenvalue weighted by atomic mass is 79.9. The summed E-state index contributed by atoms with van der Waals surface area (Å²) in [6, 6.07) is 3.74. The van der Waals surface area contributed by atoms with E-state index >= 15 is 0 Å². The van der Waals surface area contributed by atoms with E-state index in [4.69, 9.17) is 5.73 Å². The van der Waals surface area contributed by atoms with E-state index in [2.05, 4.69) is 15.9 Å². The Hall–Kier alpha value is -0.410. The molecule has 1 aromatic carbocycles. The van der Waals surface area contributed by atoms with Crippen molar-refractivity contribution in [3.8, 4) is 0 Å². The molecule has 0 spiro atoms. The average molecular weight is 286 g/mol. The van der Waals surface area contributed by atoms with Crippen molar-refractivity contribution < 1.29 is 4.39 Å². The first-order valence-electron chi connectivity index (χ1n) is 5.78. The van der Waals surface area contributed by atoms with Gasteiger partial charge in [-0.2, -0.15) is 0 Å². The molecule has 3 heteroatoms. The summed E-state index contributed by atoms with van der Waals surface area (Å²) < 4.78 is 14.0. The molecule has 1 aliphatic carbocycles. The van der Waals surface area contributed by atoms with E-state index in [1.165, 1.54) is 19.3 Å². The van der Waals surface area contributed by atoms with E-state index in [0.717, 1.165) is 18.4 Å². The zero-order valence-corrected chi connectivity index (χ0v) is 11.1. The molecule has 0 saturated heterocycles. The van der Waals surface area contributed by atoms with Gasteiger partial charge in [0.05, 0.1) is 4.47 Å². The minimum absolute atomic E-state index is 0.178. The topological polar surface area (TPSA) is 26.0 Å². The summed E-state index contributed by atoms with van der Waals surface area (Å²) in [6.07, 6.45) is 5.62. The van der Waals surface area contributed by atoms with E-state index in [1.54, 1.807) is 6.92 Å². The van der Waals surface area contributed by atoms with Crippen molar-refractivity contribution in [1.82, 2.24) is 0 Å². The second kappa shape index (κ2) is 4.46. The Morgan fingerprint density at radius 1 is 1.25 bits per heavy atom. The maximum atomic E-state index is 13.5. The molecule has 88 valence electrons. The standard InChI is InChI=1S/C13H17BrFN/c1-9-7-10(8-11(14)12(9)15)13(16)5-3-2-4-6-13/h7-8H,2-6,16H2,1H3. The quantitative estimate of drug-likeness (QED) is 0.829. The SMILES string of the molecule is Cc1cc(C2(N)CCCCC2)cc(Br)c1F. The predicted molar refractivity (Wildman–Crippen MR) is 67.8 cm³/mol. The van der Waals surface area contributed by atoms with Gasteiger partial charge in [-0.25, -0.2) is 4.39 Å². The molecule has 2 rings (SSSR count). The molecule has 1 aliphatic rings. The molecule has 0 heterocycles. The molecule has 0 atom stereocenters. The van der Waals surface area contributed by atoms with Crippen molar-refractivity contribution in [3.63, 3.8) is 0 Å². The Kier molecular flexibility index (Phi) is 3.36. The van der Waals surface area contributed by atoms with Crippen LogP contribution in [0, 0.1) is 12.7 Å². The zero-order chi connectivity index (χ0) is 11.8. The normalized spacial score (nSPS) is 19.8. The lowest BCUT2D eigenvalue weighted by Gasteiger charge is -2.34. The minimum Gasteiger partial charge on any atom is -0.321 e. The Morgan fingerprint density at radius 3 is 2.44 bits per heavy atom. The van der Waals surface area contributed by atoms with Gasteiger partial charge in [-0.1, -0.05) is 25.3 Å². The van der Waals surface area contributed by atoms with Gasteiger partial charge in [0.25, 0.3) is 0 Å². The van der Waals surface area contributed by atoms with E-state index in [1.807, 2.05) is 12.1 Å². The molecule has 16 heavy (non-hydrogen) atoms. The molecule has 0 unspecified atom stereocenters. The molecule has 1 nitrogen and oxygen atoms in total. The van der Waals surface area contributed by atoms with Crippen LogP contribution < -0.4 is 5.73 Å². The van der Waals surface area contributed by atoms with Gasteiger partial charge in [-0.3, -0.25) is 0 Å². The maximum Gasteiger partial charge on any atom is 0.140 e. The summed E-state index contributed by atoms with van der Waals surface area (Å²) in [7, 11) is 0. The Bertz CT molecular complexity index is 374. The van der Waals surface area contributed by atoms with E-state index in [-0.39, 0.29) is 11.4 Å². The van der Waals surface area contributed by atoms with Crippen molar-refractivity contribution in [2.75, 3.05) is 0 Å². The van der Waals surface area contributed by atoms with Crippen LogP contribution in [0.25, 0.3) is 0 Å². The highest BCUT2D eigenvalue weighted by Crippen LogP contribution is 2.36. The molecule has 1 aromatic rings. The first-order chi connectivity index (χ1) is 7.53. The van der Waals surface area contributed by atoms with Gasteiger partial charge in [0.15, 0.2) is 0 Å². The van der Waals surface area contributed by atoms with Crippen molar-refractivity contribution >= 4 is 15.9 Å². The molecule has 0 aliphatic heterocycles. The number of rotatable bonds is 1. The highest BCUT2D eigenvalue weighted by Gasteiger charge is 2.30. The van der Waals surface area contributed by atoms with Crippen LogP contribution in [0.2, 0.25) is 0 Å². The fourth-order valence-electron chi connectivity index (χ4n) is 2.49. The predicted octanol–water partition coefficient (Wildman–Crippen LogP) is 4.01. The minimum atomic E-state index is -0.251. The molecule has 1 fully saturated rings. The van der Waals surface area contributed by atoms with Gasteiger partial charge >= 0.3 is 0 Å². The Labute approximate surface area is 104 Å². The first kappa shape index (κ1) is 12.1. The summed E-state index contributed by atoms with van der Waals surface area (Å²) in [5, 5.41) is 0. The number of halogens is 2. The fraction of sp³-hybridized carbons (Fsp3) is 0.538. The molecule has 2 N–H and O–H groups in total. The van der Waals surface area contributed by atoms with Gasteiger partial charge in [0.1, 0.15) is 5.82 Å². The number of hydrogen-bond donors (Lipinski definition) is 1. The summed E-state index contributed by atoms with van der Waals surface area (Å²) >= 11 is 3.26. The van der Waals surface area contributed by atoms with Crippen molar-refractivity contribution in [2.24, 2.45) is 5.73 Å². The Balaban J connectivity index is 2.39. The van der Waals surface area contributed by atoms with Gasteiger partial charge in [0, 0.05) is 5.54 Å². The monoisotopic (exact) mass is 285 g/mol. The number of nitrogens with two attached hydrogens (primary N) is 1. The van der Waals surface area contributed by atoms with Crippen LogP contribution in [0.3, 0.4) is 0 Å². The van der Waals surface area contributed by atoms with Crippen LogP contribution in [0.1, 0.15) is 43.2 Å². The van der Waals surface area contributed by atoms with Gasteiger partial charge in [-0.05, 0) is 52.9 Å². The smallest absolute Gasteiger partial charge is 0.140 e. The molecule has 0 radical (unpaired) electrons. The lowest BCUT2D eigenvalue weighted by Crippen LogP contribution is -2.38. The third-order valence-electron chi connectivity index (χ3n) is 3.53. The molecule has 1 saturated carbocycles. The van der Waals surface area contributed by atoms with Crippen LogP contribution in [0.4, 0.5) is 4.39 Å². The summed E-state index contributed by atoms with van der Waals surface area (Å²) in [5.41, 5.74) is 7.91. The van der Waals surface area contributed by atoms with Gasteiger partial charge in [0.2, 0.25) is 0 Å². The average Bonchev–Trinajstić information content (AvgIpc) is 2.26. The van der Waals surface area contributed by atoms with E-state index in [0.29, 0.717) is 10.0 Å². The highest BCUT2D eigenvalue weighted by molar-refractivity contribution is 9.10. The number of benzene rings is 1. The van der Waals surface area contributed by atoms with Crippen molar-refractivity contribution in [3.05, 3.63) is 33.5 Å². The third kappa shape index (κ3) is 2.16. The van der Waals surface area contributed by atoms with Crippen LogP contribution >= 0.6 is 15.9 Å². The molecular formula is C13H17BrFN. The zero-order valence-electron chi connectivity index (χ0n) is 9.52. The number of hydrogen-bond acceptors (Lipinski definition) is 1. The number of aryl methyl sites for hydroxylation is 1. The fourth-order valence-corrected chi connectivity index (χ4v) is 3.04. The lowest BCUT2D eigenvalue weighted by molar-refractivity contribution is 0.302. The van der Waals surface area contributed by atoms with Crippen molar-refractivity contribution in [1.29, 1.82) is 0 Å². The Morgan fingerprint density at radius 2 is 1.88 bits per heavy atom. The first-order valence-corrected chi connectivity index (χ1v) is 6.57. The van der Waals surface area contributed by atoms with Crippen LogP contribution in [-0.4, -0.2) is 0 Å². The van der Waals surface area contributed by atoms with Gasteiger partial charge < -0.3 is 5.73 Å². The van der Waals surface area contributed by atoms with E-state index in [9.17, 15) is 4.39 Å². The maximum absolute atomic E-state index is 13.5. The van der Waals surface area contributed by atoms with Crippen LogP contribution in [0.5, 0.6) is 0 Å². The second-order valence-corrected chi connectivity index (χ2v) is 5.66. The van der Waals surface area contributed by atoms with E-state index < -0.39 is 0 Å². The molecule has 0 aromatic heterocycles. The van der Waals surface area contributed by atoms with Crippen LogP contribution in [-0.2, 0) is 5.54 Å². The molecular weight excluding hydrogens is 269 g/mol.